The highest BCUT2D eigenvalue weighted by Crippen LogP contribution is 2.19. The predicted octanol–water partition coefficient (Wildman–Crippen LogP) is 3.92. The van der Waals surface area contributed by atoms with E-state index < -0.39 is 0 Å². The summed E-state index contributed by atoms with van der Waals surface area (Å²) < 4.78 is 0. The third-order valence-electron chi connectivity index (χ3n) is 2.63. The van der Waals surface area contributed by atoms with Crippen molar-refractivity contribution < 1.29 is 4.79 Å². The number of carbonyl (C=O) groups excluding carboxylic acids is 1. The normalized spacial score (nSPS) is 10.0. The first-order valence-corrected chi connectivity index (χ1v) is 6.50. The smallest absolute Gasteiger partial charge is 0.239 e. The third-order valence-corrected chi connectivity index (χ3v) is 2.87. The fraction of sp³-hybridized carbons (Fsp3) is 0.133. The number of halogens is 1. The van der Waals surface area contributed by atoms with Crippen molar-refractivity contribution in [2.75, 3.05) is 16.5 Å². The first-order chi connectivity index (χ1) is 9.17. The number of hydrogen-bond acceptors (Lipinski definition) is 2. The number of aryl methyl sites for hydroxylation is 1. The molecule has 1 amide bonds. The Balaban J connectivity index is 2.02. The second kappa shape index (κ2) is 6.25. The predicted molar refractivity (Wildman–Crippen MR) is 80.3 cm³/mol. The van der Waals surface area contributed by atoms with Crippen LogP contribution in [0.4, 0.5) is 17.1 Å². The summed E-state index contributed by atoms with van der Waals surface area (Å²) in [7, 11) is 0. The molecule has 2 aromatic carbocycles. The van der Waals surface area contributed by atoms with Gasteiger partial charge in [-0.1, -0.05) is 17.7 Å². The summed E-state index contributed by atoms with van der Waals surface area (Å²) in [5.74, 6) is -0.246. The van der Waals surface area contributed by atoms with Gasteiger partial charge in [0, 0.05) is 17.1 Å². The zero-order valence-corrected chi connectivity index (χ0v) is 11.4. The summed E-state index contributed by atoms with van der Waals surface area (Å²) in [5, 5.41) is 5.98. The van der Waals surface area contributed by atoms with Gasteiger partial charge in [0.2, 0.25) is 5.91 Å². The van der Waals surface area contributed by atoms with Crippen molar-refractivity contribution in [2.45, 2.75) is 6.92 Å². The van der Waals surface area contributed by atoms with Gasteiger partial charge in [0.15, 0.2) is 0 Å². The van der Waals surface area contributed by atoms with Crippen molar-refractivity contribution in [1.29, 1.82) is 0 Å². The van der Waals surface area contributed by atoms with Crippen LogP contribution in [0.15, 0.2) is 48.5 Å². The van der Waals surface area contributed by atoms with Gasteiger partial charge in [-0.05, 0) is 43.3 Å². The zero-order valence-electron chi connectivity index (χ0n) is 10.6. The Bertz CT molecular complexity index is 549. The lowest BCUT2D eigenvalue weighted by atomic mass is 10.2. The molecule has 0 aromatic heterocycles. The molecule has 0 unspecified atom stereocenters. The van der Waals surface area contributed by atoms with E-state index in [9.17, 15) is 4.79 Å². The number of benzene rings is 2. The van der Waals surface area contributed by atoms with Gasteiger partial charge in [-0.2, -0.15) is 0 Å². The quantitative estimate of drug-likeness (QED) is 0.830. The van der Waals surface area contributed by atoms with Gasteiger partial charge in [-0.25, -0.2) is 0 Å². The van der Waals surface area contributed by atoms with Crippen molar-refractivity contribution in [3.05, 3.63) is 54.1 Å². The van der Waals surface area contributed by atoms with Crippen LogP contribution in [-0.4, -0.2) is 11.8 Å². The van der Waals surface area contributed by atoms with E-state index >= 15 is 0 Å². The molecular formula is C15H15ClN2O. The molecule has 0 radical (unpaired) electrons. The zero-order chi connectivity index (χ0) is 13.7. The molecule has 2 N–H and O–H groups in total. The average Bonchev–Trinajstić information content (AvgIpc) is 2.43. The van der Waals surface area contributed by atoms with Gasteiger partial charge in [-0.3, -0.25) is 4.79 Å². The van der Waals surface area contributed by atoms with Crippen molar-refractivity contribution in [1.82, 2.24) is 0 Å². The van der Waals surface area contributed by atoms with Crippen LogP contribution >= 0.6 is 11.6 Å². The van der Waals surface area contributed by atoms with Gasteiger partial charge in [0.05, 0.1) is 0 Å². The Morgan fingerprint density at radius 1 is 0.947 bits per heavy atom. The fourth-order valence-corrected chi connectivity index (χ4v) is 1.70. The molecule has 0 saturated heterocycles. The highest BCUT2D eigenvalue weighted by molar-refractivity contribution is 6.29. The lowest BCUT2D eigenvalue weighted by molar-refractivity contribution is -0.113. The maximum absolute atomic E-state index is 11.1. The lowest BCUT2D eigenvalue weighted by Crippen LogP contribution is -2.12. The first-order valence-electron chi connectivity index (χ1n) is 5.97. The molecular weight excluding hydrogens is 260 g/mol. The molecule has 0 spiro atoms. The van der Waals surface area contributed by atoms with Crippen LogP contribution in [0.3, 0.4) is 0 Å². The maximum Gasteiger partial charge on any atom is 0.239 e. The van der Waals surface area contributed by atoms with E-state index in [0.29, 0.717) is 0 Å². The summed E-state index contributed by atoms with van der Waals surface area (Å²) in [6, 6.07) is 15.6. The minimum atomic E-state index is -0.207. The fourth-order valence-electron chi connectivity index (χ4n) is 1.63. The van der Waals surface area contributed by atoms with Crippen molar-refractivity contribution in [2.24, 2.45) is 0 Å². The SMILES string of the molecule is Cc1ccc(Nc2ccc(NC(=O)CCl)cc2)cc1. The topological polar surface area (TPSA) is 41.1 Å². The molecule has 4 heteroatoms. The monoisotopic (exact) mass is 274 g/mol. The number of hydrogen-bond donors (Lipinski definition) is 2. The molecule has 2 rings (SSSR count). The van der Waals surface area contributed by atoms with E-state index in [1.807, 2.05) is 36.4 Å². The number of anilines is 3. The number of amides is 1. The summed E-state index contributed by atoms with van der Waals surface area (Å²) in [4.78, 5) is 11.1. The van der Waals surface area contributed by atoms with E-state index in [-0.39, 0.29) is 11.8 Å². The second-order valence-corrected chi connectivity index (χ2v) is 4.52. The van der Waals surface area contributed by atoms with Crippen LogP contribution in [0, 0.1) is 6.92 Å². The molecule has 0 aliphatic carbocycles. The highest BCUT2D eigenvalue weighted by Gasteiger charge is 2.00. The largest absolute Gasteiger partial charge is 0.356 e. The van der Waals surface area contributed by atoms with Crippen LogP contribution in [-0.2, 0) is 4.79 Å². The summed E-state index contributed by atoms with van der Waals surface area (Å²) in [6.45, 7) is 2.05. The maximum atomic E-state index is 11.1. The van der Waals surface area contributed by atoms with E-state index in [0.717, 1.165) is 17.1 Å². The van der Waals surface area contributed by atoms with Crippen LogP contribution in [0.25, 0.3) is 0 Å². The molecule has 98 valence electrons. The van der Waals surface area contributed by atoms with E-state index in [1.165, 1.54) is 5.56 Å². The Kier molecular flexibility index (Phi) is 4.42. The molecule has 2 aromatic rings. The number of rotatable bonds is 4. The van der Waals surface area contributed by atoms with Gasteiger partial charge in [-0.15, -0.1) is 11.6 Å². The van der Waals surface area contributed by atoms with Crippen molar-refractivity contribution in [3.8, 4) is 0 Å². The Hall–Kier alpha value is -2.00. The van der Waals surface area contributed by atoms with Crippen molar-refractivity contribution in [3.63, 3.8) is 0 Å². The first kappa shape index (κ1) is 13.4. The van der Waals surface area contributed by atoms with Gasteiger partial charge in [0.1, 0.15) is 5.88 Å². The number of nitrogens with one attached hydrogen (secondary N) is 2. The van der Waals surface area contributed by atoms with Crippen LogP contribution < -0.4 is 10.6 Å². The molecule has 3 nitrogen and oxygen atoms in total. The molecule has 19 heavy (non-hydrogen) atoms. The standard InChI is InChI=1S/C15H15ClN2O/c1-11-2-4-12(5-3-11)17-13-6-8-14(9-7-13)18-15(19)10-16/h2-9,17H,10H2,1H3,(H,18,19). The van der Waals surface area contributed by atoms with Gasteiger partial charge < -0.3 is 10.6 Å². The molecule has 0 heterocycles. The molecule has 0 atom stereocenters. The molecule has 0 fully saturated rings. The summed E-state index contributed by atoms with van der Waals surface area (Å²) in [5.41, 5.74) is 3.96. The molecule has 0 aliphatic heterocycles. The van der Waals surface area contributed by atoms with Gasteiger partial charge in [0.25, 0.3) is 0 Å². The molecule has 0 aliphatic rings. The highest BCUT2D eigenvalue weighted by atomic mass is 35.5. The number of alkyl halides is 1. The van der Waals surface area contributed by atoms with Crippen LogP contribution in [0.2, 0.25) is 0 Å². The van der Waals surface area contributed by atoms with Crippen LogP contribution in [0.5, 0.6) is 0 Å². The lowest BCUT2D eigenvalue weighted by Gasteiger charge is -2.08. The Labute approximate surface area is 117 Å². The Morgan fingerprint density at radius 3 is 1.95 bits per heavy atom. The number of carbonyl (C=O) groups is 1. The van der Waals surface area contributed by atoms with E-state index in [2.05, 4.69) is 29.7 Å². The minimum absolute atomic E-state index is 0.0383. The van der Waals surface area contributed by atoms with E-state index in [4.69, 9.17) is 11.6 Å². The van der Waals surface area contributed by atoms with Gasteiger partial charge >= 0.3 is 0 Å². The van der Waals surface area contributed by atoms with Crippen LogP contribution in [0.1, 0.15) is 5.56 Å². The average molecular weight is 275 g/mol. The molecule has 0 saturated carbocycles. The summed E-state index contributed by atoms with van der Waals surface area (Å²) in [6.07, 6.45) is 0. The van der Waals surface area contributed by atoms with E-state index in [1.54, 1.807) is 0 Å². The molecule has 0 bridgehead atoms. The third kappa shape index (κ3) is 4.00. The minimum Gasteiger partial charge on any atom is -0.356 e. The Morgan fingerprint density at radius 2 is 1.42 bits per heavy atom. The van der Waals surface area contributed by atoms with Crippen molar-refractivity contribution >= 4 is 34.6 Å². The summed E-state index contributed by atoms with van der Waals surface area (Å²) >= 11 is 5.43. The second-order valence-electron chi connectivity index (χ2n) is 4.25.